The van der Waals surface area contributed by atoms with Crippen LogP contribution in [0.5, 0.6) is 0 Å². The summed E-state index contributed by atoms with van der Waals surface area (Å²) in [4.78, 5) is 11.8. The number of nitrogens with one attached hydrogen (secondary N) is 2. The number of rotatable bonds is 2. The van der Waals surface area contributed by atoms with Crippen molar-refractivity contribution >= 4 is 17.6 Å². The monoisotopic (exact) mass is 259 g/mol. The quantitative estimate of drug-likeness (QED) is 0.865. The van der Waals surface area contributed by atoms with Gasteiger partial charge in [-0.25, -0.2) is 4.79 Å². The molecule has 0 spiro atoms. The van der Waals surface area contributed by atoms with E-state index in [9.17, 15) is 4.79 Å². The fourth-order valence-corrected chi connectivity index (χ4v) is 1.79. The molecule has 100 valence electrons. The molecule has 0 aliphatic carbocycles. The second-order valence-electron chi connectivity index (χ2n) is 5.25. The Labute approximate surface area is 112 Å². The third-order valence-corrected chi connectivity index (χ3v) is 2.66. The van der Waals surface area contributed by atoms with Crippen LogP contribution in [-0.4, -0.2) is 11.2 Å². The zero-order valence-corrected chi connectivity index (χ0v) is 11.2. The van der Waals surface area contributed by atoms with Crippen LogP contribution in [0.2, 0.25) is 0 Å². The van der Waals surface area contributed by atoms with E-state index >= 15 is 0 Å². The first kappa shape index (κ1) is 13.1. The van der Waals surface area contributed by atoms with Gasteiger partial charge >= 0.3 is 6.03 Å². The van der Waals surface area contributed by atoms with Crippen LogP contribution in [0.25, 0.3) is 0 Å². The Kier molecular flexibility index (Phi) is 3.55. The normalized spacial score (nSPS) is 11.1. The first-order chi connectivity index (χ1) is 8.97. The highest BCUT2D eigenvalue weighted by Gasteiger charge is 2.18. The Bertz CT molecular complexity index is 556. The van der Waals surface area contributed by atoms with Gasteiger partial charge in [-0.15, -0.1) is 0 Å². The molecule has 1 aromatic carbocycles. The zero-order chi connectivity index (χ0) is 13.9. The van der Waals surface area contributed by atoms with Crippen LogP contribution in [0.15, 0.2) is 41.1 Å². The fraction of sp³-hybridized carbons (Fsp3) is 0.286. The number of benzene rings is 1. The minimum atomic E-state index is -0.353. The molecule has 2 amide bonds. The lowest BCUT2D eigenvalue weighted by Gasteiger charge is -2.22. The Morgan fingerprint density at radius 2 is 1.89 bits per heavy atom. The Morgan fingerprint density at radius 3 is 2.53 bits per heavy atom. The van der Waals surface area contributed by atoms with Gasteiger partial charge in [0.1, 0.15) is 0 Å². The summed E-state index contributed by atoms with van der Waals surface area (Å²) in [5.74, 6) is 0.311. The Balaban J connectivity index is 2.13. The van der Waals surface area contributed by atoms with Gasteiger partial charge in [-0.05, 0) is 17.0 Å². The van der Waals surface area contributed by atoms with E-state index in [0.29, 0.717) is 5.88 Å². The first-order valence-corrected chi connectivity index (χ1v) is 6.05. The van der Waals surface area contributed by atoms with Gasteiger partial charge in [-0.3, -0.25) is 5.32 Å². The van der Waals surface area contributed by atoms with E-state index in [1.165, 1.54) is 6.20 Å². The summed E-state index contributed by atoms with van der Waals surface area (Å²) >= 11 is 0. The van der Waals surface area contributed by atoms with Gasteiger partial charge in [-0.1, -0.05) is 44.1 Å². The summed E-state index contributed by atoms with van der Waals surface area (Å²) in [6.07, 6.45) is 1.47. The van der Waals surface area contributed by atoms with E-state index in [-0.39, 0.29) is 11.4 Å². The average Bonchev–Trinajstić information content (AvgIpc) is 2.81. The molecular weight excluding hydrogens is 242 g/mol. The second kappa shape index (κ2) is 5.14. The van der Waals surface area contributed by atoms with Gasteiger partial charge in [0.2, 0.25) is 5.88 Å². The number of nitrogens with zero attached hydrogens (tertiary/aromatic N) is 1. The molecule has 2 aromatic rings. The van der Waals surface area contributed by atoms with Crippen molar-refractivity contribution in [3.8, 4) is 0 Å². The van der Waals surface area contributed by atoms with Gasteiger partial charge in [0.25, 0.3) is 0 Å². The van der Waals surface area contributed by atoms with E-state index in [0.717, 1.165) is 11.3 Å². The van der Waals surface area contributed by atoms with Crippen LogP contribution >= 0.6 is 0 Å². The number of aromatic nitrogens is 1. The minimum Gasteiger partial charge on any atom is -0.338 e. The van der Waals surface area contributed by atoms with Crippen molar-refractivity contribution in [2.24, 2.45) is 0 Å². The number of amides is 2. The van der Waals surface area contributed by atoms with Crippen LogP contribution in [0, 0.1) is 0 Å². The van der Waals surface area contributed by atoms with Crippen molar-refractivity contribution in [1.82, 2.24) is 5.16 Å². The number of para-hydroxylation sites is 1. The maximum atomic E-state index is 11.8. The molecule has 2 rings (SSSR count). The first-order valence-electron chi connectivity index (χ1n) is 6.05. The third kappa shape index (κ3) is 3.34. The highest BCUT2D eigenvalue weighted by atomic mass is 16.5. The summed E-state index contributed by atoms with van der Waals surface area (Å²) in [6, 6.07) is 8.95. The number of carbonyl (C=O) groups excluding carboxylic acids is 1. The predicted octanol–water partition coefficient (Wildman–Crippen LogP) is 3.62. The summed E-state index contributed by atoms with van der Waals surface area (Å²) in [6.45, 7) is 6.30. The zero-order valence-electron chi connectivity index (χ0n) is 11.2. The molecule has 0 aliphatic heterocycles. The van der Waals surface area contributed by atoms with Crippen LogP contribution < -0.4 is 10.6 Å². The minimum absolute atomic E-state index is 0.0455. The molecule has 2 N–H and O–H groups in total. The number of hydrogen-bond acceptors (Lipinski definition) is 3. The van der Waals surface area contributed by atoms with Crippen LogP contribution in [0.1, 0.15) is 26.3 Å². The number of anilines is 2. The molecule has 0 bridgehead atoms. The van der Waals surface area contributed by atoms with Crippen molar-refractivity contribution < 1.29 is 9.32 Å². The molecule has 19 heavy (non-hydrogen) atoms. The van der Waals surface area contributed by atoms with Crippen molar-refractivity contribution in [1.29, 1.82) is 0 Å². The maximum absolute atomic E-state index is 11.8. The summed E-state index contributed by atoms with van der Waals surface area (Å²) in [5.41, 5.74) is 1.81. The SMILES string of the molecule is CC(C)(C)c1ccccc1NC(=O)Nc1ccno1. The Hall–Kier alpha value is -2.30. The molecule has 5 nitrogen and oxygen atoms in total. The highest BCUT2D eigenvalue weighted by Crippen LogP contribution is 2.29. The molecule has 0 saturated carbocycles. The van der Waals surface area contributed by atoms with Crippen LogP contribution in [0.4, 0.5) is 16.4 Å². The number of carbonyl (C=O) groups is 1. The highest BCUT2D eigenvalue weighted by molar-refractivity contribution is 5.99. The van der Waals surface area contributed by atoms with E-state index in [2.05, 4.69) is 36.6 Å². The lowest BCUT2D eigenvalue weighted by Crippen LogP contribution is -2.22. The number of hydrogen-bond donors (Lipinski definition) is 2. The van der Waals surface area contributed by atoms with Gasteiger partial charge in [0, 0.05) is 11.8 Å². The van der Waals surface area contributed by atoms with E-state index in [1.807, 2.05) is 24.3 Å². The molecular formula is C14H17N3O2. The smallest absolute Gasteiger partial charge is 0.326 e. The molecule has 0 unspecified atom stereocenters. The third-order valence-electron chi connectivity index (χ3n) is 2.66. The van der Waals surface area contributed by atoms with Crippen molar-refractivity contribution in [3.63, 3.8) is 0 Å². The molecule has 0 fully saturated rings. The molecule has 1 heterocycles. The van der Waals surface area contributed by atoms with Crippen molar-refractivity contribution in [3.05, 3.63) is 42.1 Å². The predicted molar refractivity (Wildman–Crippen MR) is 74.3 cm³/mol. The maximum Gasteiger partial charge on any atom is 0.326 e. The molecule has 5 heteroatoms. The lowest BCUT2D eigenvalue weighted by molar-refractivity contribution is 0.261. The molecule has 0 radical (unpaired) electrons. The summed E-state index contributed by atoms with van der Waals surface area (Å²) < 4.78 is 4.82. The average molecular weight is 259 g/mol. The van der Waals surface area contributed by atoms with Gasteiger partial charge in [0.05, 0.1) is 6.20 Å². The largest absolute Gasteiger partial charge is 0.338 e. The topological polar surface area (TPSA) is 67.2 Å². The van der Waals surface area contributed by atoms with Gasteiger partial charge in [-0.2, -0.15) is 0 Å². The van der Waals surface area contributed by atoms with Crippen LogP contribution in [-0.2, 0) is 5.41 Å². The van der Waals surface area contributed by atoms with Gasteiger partial charge in [0.15, 0.2) is 0 Å². The van der Waals surface area contributed by atoms with E-state index in [4.69, 9.17) is 4.52 Å². The van der Waals surface area contributed by atoms with Gasteiger partial charge < -0.3 is 9.84 Å². The summed E-state index contributed by atoms with van der Waals surface area (Å²) in [7, 11) is 0. The Morgan fingerprint density at radius 1 is 1.16 bits per heavy atom. The van der Waals surface area contributed by atoms with Crippen molar-refractivity contribution in [2.45, 2.75) is 26.2 Å². The van der Waals surface area contributed by atoms with Crippen molar-refractivity contribution in [2.75, 3.05) is 10.6 Å². The molecule has 0 aliphatic rings. The standard InChI is InChI=1S/C14H17N3O2/c1-14(2,3)10-6-4-5-7-11(10)16-13(18)17-12-8-9-15-19-12/h4-9H,1-3H3,(H2,16,17,18). The van der Waals surface area contributed by atoms with Crippen LogP contribution in [0.3, 0.4) is 0 Å². The number of urea groups is 1. The van der Waals surface area contributed by atoms with E-state index in [1.54, 1.807) is 6.07 Å². The summed E-state index contributed by atoms with van der Waals surface area (Å²) in [5, 5.41) is 8.91. The molecule has 0 saturated heterocycles. The van der Waals surface area contributed by atoms with E-state index < -0.39 is 0 Å². The lowest BCUT2D eigenvalue weighted by atomic mass is 9.86. The molecule has 0 atom stereocenters. The fourth-order valence-electron chi connectivity index (χ4n) is 1.79. The second-order valence-corrected chi connectivity index (χ2v) is 5.25. The molecule has 1 aromatic heterocycles.